The summed E-state index contributed by atoms with van der Waals surface area (Å²) in [5.74, 6) is 2.46. The predicted octanol–water partition coefficient (Wildman–Crippen LogP) is 1.91. The van der Waals surface area contributed by atoms with Gasteiger partial charge in [0.2, 0.25) is 0 Å². The van der Waals surface area contributed by atoms with Crippen LogP contribution < -0.4 is 10.6 Å². The molecular formula is C14H29IN4. The molecule has 3 unspecified atom stereocenters. The number of rotatable bonds is 5. The highest BCUT2D eigenvalue weighted by Crippen LogP contribution is 2.28. The van der Waals surface area contributed by atoms with Gasteiger partial charge in [-0.3, -0.25) is 4.99 Å². The first-order chi connectivity index (χ1) is 8.69. The molecule has 1 heterocycles. The van der Waals surface area contributed by atoms with Gasteiger partial charge >= 0.3 is 0 Å². The summed E-state index contributed by atoms with van der Waals surface area (Å²) >= 11 is 0. The van der Waals surface area contributed by atoms with Crippen LogP contribution in [0.4, 0.5) is 0 Å². The van der Waals surface area contributed by atoms with Crippen LogP contribution in [-0.2, 0) is 0 Å². The summed E-state index contributed by atoms with van der Waals surface area (Å²) < 4.78 is 0. The number of guanidine groups is 1. The van der Waals surface area contributed by atoms with Gasteiger partial charge in [-0.2, -0.15) is 0 Å². The van der Waals surface area contributed by atoms with Gasteiger partial charge in [0.05, 0.1) is 0 Å². The van der Waals surface area contributed by atoms with Gasteiger partial charge in [0.1, 0.15) is 0 Å². The standard InChI is InChI=1S/C14H28N4.HI/c1-11(10-18-6-4-5-7-18)9-16-14(15-3)17-13-8-12(13)2;/h11-13H,4-10H2,1-3H3,(H2,15,16,17);1H. The molecule has 19 heavy (non-hydrogen) atoms. The van der Waals surface area contributed by atoms with Crippen LogP contribution >= 0.6 is 24.0 Å². The average Bonchev–Trinajstić information content (AvgIpc) is 2.82. The Balaban J connectivity index is 0.00000180. The van der Waals surface area contributed by atoms with E-state index in [0.29, 0.717) is 12.0 Å². The summed E-state index contributed by atoms with van der Waals surface area (Å²) in [5, 5.41) is 6.91. The normalized spacial score (nSPS) is 28.7. The van der Waals surface area contributed by atoms with E-state index in [2.05, 4.69) is 34.4 Å². The van der Waals surface area contributed by atoms with Crippen molar-refractivity contribution in [3.63, 3.8) is 0 Å². The summed E-state index contributed by atoms with van der Waals surface area (Å²) in [4.78, 5) is 6.86. The third-order valence-corrected chi connectivity index (χ3v) is 4.04. The Morgan fingerprint density at radius 2 is 2.00 bits per heavy atom. The number of hydrogen-bond donors (Lipinski definition) is 2. The summed E-state index contributed by atoms with van der Waals surface area (Å²) in [6.45, 7) is 9.40. The first-order valence-electron chi connectivity index (χ1n) is 7.38. The molecule has 2 rings (SSSR count). The number of likely N-dealkylation sites (tertiary alicyclic amines) is 1. The number of hydrogen-bond acceptors (Lipinski definition) is 2. The summed E-state index contributed by atoms with van der Waals surface area (Å²) in [6, 6.07) is 0.644. The summed E-state index contributed by atoms with van der Waals surface area (Å²) in [6.07, 6.45) is 4.04. The van der Waals surface area contributed by atoms with Crippen LogP contribution in [0.1, 0.15) is 33.1 Å². The zero-order valence-electron chi connectivity index (χ0n) is 12.5. The second-order valence-electron chi connectivity index (χ2n) is 6.03. The molecule has 4 nitrogen and oxygen atoms in total. The highest BCUT2D eigenvalue weighted by molar-refractivity contribution is 14.0. The minimum atomic E-state index is 0. The zero-order chi connectivity index (χ0) is 13.0. The lowest BCUT2D eigenvalue weighted by Gasteiger charge is -2.21. The molecule has 2 fully saturated rings. The zero-order valence-corrected chi connectivity index (χ0v) is 14.8. The molecule has 1 saturated carbocycles. The largest absolute Gasteiger partial charge is 0.356 e. The number of nitrogens with one attached hydrogen (secondary N) is 2. The summed E-state index contributed by atoms with van der Waals surface area (Å²) in [5.41, 5.74) is 0. The fraction of sp³-hybridized carbons (Fsp3) is 0.929. The molecule has 1 aliphatic heterocycles. The van der Waals surface area contributed by atoms with Crippen molar-refractivity contribution in [1.82, 2.24) is 15.5 Å². The van der Waals surface area contributed by atoms with E-state index in [4.69, 9.17) is 0 Å². The minimum absolute atomic E-state index is 0. The average molecular weight is 380 g/mol. The lowest BCUT2D eigenvalue weighted by molar-refractivity contribution is 0.287. The van der Waals surface area contributed by atoms with E-state index < -0.39 is 0 Å². The first-order valence-corrected chi connectivity index (χ1v) is 7.38. The molecular weight excluding hydrogens is 351 g/mol. The highest BCUT2D eigenvalue weighted by Gasteiger charge is 2.33. The van der Waals surface area contributed by atoms with Gasteiger partial charge in [-0.05, 0) is 44.2 Å². The smallest absolute Gasteiger partial charge is 0.191 e. The molecule has 0 spiro atoms. The molecule has 0 aromatic carbocycles. The van der Waals surface area contributed by atoms with E-state index in [1.807, 2.05) is 7.05 Å². The molecule has 3 atom stereocenters. The Morgan fingerprint density at radius 3 is 2.53 bits per heavy atom. The predicted molar refractivity (Wildman–Crippen MR) is 92.3 cm³/mol. The maximum atomic E-state index is 4.29. The molecule has 5 heteroatoms. The van der Waals surface area contributed by atoms with Gasteiger partial charge in [0, 0.05) is 26.2 Å². The van der Waals surface area contributed by atoms with Crippen LogP contribution in [0.3, 0.4) is 0 Å². The van der Waals surface area contributed by atoms with Gasteiger partial charge in [-0.25, -0.2) is 0 Å². The number of halogens is 1. The molecule has 2 aliphatic rings. The lowest BCUT2D eigenvalue weighted by Crippen LogP contribution is -2.42. The Hall–Kier alpha value is -0.0400. The van der Waals surface area contributed by atoms with Crippen LogP contribution in [-0.4, -0.2) is 50.1 Å². The topological polar surface area (TPSA) is 39.7 Å². The van der Waals surface area contributed by atoms with Gasteiger partial charge in [0.25, 0.3) is 0 Å². The van der Waals surface area contributed by atoms with Crippen molar-refractivity contribution in [1.29, 1.82) is 0 Å². The van der Waals surface area contributed by atoms with Crippen molar-refractivity contribution in [2.24, 2.45) is 16.8 Å². The molecule has 0 radical (unpaired) electrons. The Labute approximate surface area is 134 Å². The van der Waals surface area contributed by atoms with Crippen LogP contribution in [0.2, 0.25) is 0 Å². The van der Waals surface area contributed by atoms with Crippen LogP contribution in [0.15, 0.2) is 4.99 Å². The van der Waals surface area contributed by atoms with Crippen molar-refractivity contribution in [3.8, 4) is 0 Å². The van der Waals surface area contributed by atoms with E-state index in [-0.39, 0.29) is 24.0 Å². The first kappa shape index (κ1) is 17.0. The van der Waals surface area contributed by atoms with Crippen molar-refractivity contribution in [3.05, 3.63) is 0 Å². The fourth-order valence-electron chi connectivity index (χ4n) is 2.63. The second kappa shape index (κ2) is 8.29. The highest BCUT2D eigenvalue weighted by atomic mass is 127. The maximum absolute atomic E-state index is 4.29. The Kier molecular flexibility index (Phi) is 7.42. The van der Waals surface area contributed by atoms with Crippen molar-refractivity contribution in [2.45, 2.75) is 39.2 Å². The van der Waals surface area contributed by atoms with Crippen molar-refractivity contribution in [2.75, 3.05) is 33.2 Å². The molecule has 1 aliphatic carbocycles. The molecule has 1 saturated heterocycles. The molecule has 0 aromatic rings. The third-order valence-electron chi connectivity index (χ3n) is 4.04. The molecule has 0 aromatic heterocycles. The fourth-order valence-corrected chi connectivity index (χ4v) is 2.63. The van der Waals surface area contributed by atoms with E-state index in [1.165, 1.54) is 38.9 Å². The summed E-state index contributed by atoms with van der Waals surface area (Å²) in [7, 11) is 1.85. The quantitative estimate of drug-likeness (QED) is 0.435. The van der Waals surface area contributed by atoms with E-state index in [0.717, 1.165) is 18.4 Å². The van der Waals surface area contributed by atoms with Crippen molar-refractivity contribution >= 4 is 29.9 Å². The SMILES string of the molecule is CN=C(NCC(C)CN1CCCC1)NC1CC1C.I. The molecule has 0 bridgehead atoms. The van der Waals surface area contributed by atoms with E-state index in [1.54, 1.807) is 0 Å². The molecule has 2 N–H and O–H groups in total. The molecule has 0 amide bonds. The number of nitrogens with zero attached hydrogens (tertiary/aromatic N) is 2. The van der Waals surface area contributed by atoms with E-state index >= 15 is 0 Å². The Morgan fingerprint density at radius 1 is 1.37 bits per heavy atom. The van der Waals surface area contributed by atoms with Gasteiger partial charge < -0.3 is 15.5 Å². The van der Waals surface area contributed by atoms with Gasteiger partial charge in [-0.1, -0.05) is 13.8 Å². The van der Waals surface area contributed by atoms with Gasteiger partial charge in [0.15, 0.2) is 5.96 Å². The Bertz CT molecular complexity index is 289. The van der Waals surface area contributed by atoms with Gasteiger partial charge in [-0.15, -0.1) is 24.0 Å². The molecule has 112 valence electrons. The minimum Gasteiger partial charge on any atom is -0.356 e. The number of aliphatic imine (C=N–C) groups is 1. The second-order valence-corrected chi connectivity index (χ2v) is 6.03. The van der Waals surface area contributed by atoms with Crippen LogP contribution in [0.5, 0.6) is 0 Å². The lowest BCUT2D eigenvalue weighted by atomic mass is 10.1. The monoisotopic (exact) mass is 380 g/mol. The van der Waals surface area contributed by atoms with Crippen molar-refractivity contribution < 1.29 is 0 Å². The third kappa shape index (κ3) is 5.85. The van der Waals surface area contributed by atoms with Crippen LogP contribution in [0, 0.1) is 11.8 Å². The van der Waals surface area contributed by atoms with E-state index in [9.17, 15) is 0 Å². The van der Waals surface area contributed by atoms with Crippen LogP contribution in [0.25, 0.3) is 0 Å². The maximum Gasteiger partial charge on any atom is 0.191 e.